The number of nitrogens with zero attached hydrogens (tertiary/aromatic N) is 1. The standard InChI is InChI=1S/C14H16N2O/c1-16(2)13-8-6-11(7-9-13)15-12-4-3-5-14(17)10-12/h3-10,15,17H,1-2H3. The minimum atomic E-state index is 0.264. The lowest BCUT2D eigenvalue weighted by molar-refractivity contribution is 0.475. The average Bonchev–Trinajstić information content (AvgIpc) is 2.29. The van der Waals surface area contributed by atoms with Crippen LogP contribution in [0, 0.1) is 0 Å². The summed E-state index contributed by atoms with van der Waals surface area (Å²) in [6.07, 6.45) is 0. The third-order valence-electron chi connectivity index (χ3n) is 2.52. The van der Waals surface area contributed by atoms with Gasteiger partial charge >= 0.3 is 0 Å². The van der Waals surface area contributed by atoms with Gasteiger partial charge in [-0.3, -0.25) is 0 Å². The number of rotatable bonds is 3. The molecule has 88 valence electrons. The molecule has 0 saturated carbocycles. The fourth-order valence-electron chi connectivity index (χ4n) is 1.59. The fraction of sp³-hybridized carbons (Fsp3) is 0.143. The maximum absolute atomic E-state index is 9.36. The molecule has 3 nitrogen and oxygen atoms in total. The van der Waals surface area contributed by atoms with Crippen molar-refractivity contribution in [2.75, 3.05) is 24.3 Å². The normalized spacial score (nSPS) is 10.0. The Morgan fingerprint density at radius 2 is 1.65 bits per heavy atom. The zero-order chi connectivity index (χ0) is 12.3. The van der Waals surface area contributed by atoms with E-state index >= 15 is 0 Å². The van der Waals surface area contributed by atoms with E-state index in [0.29, 0.717) is 0 Å². The second kappa shape index (κ2) is 4.78. The van der Waals surface area contributed by atoms with Crippen LogP contribution >= 0.6 is 0 Å². The van der Waals surface area contributed by atoms with Crippen LogP contribution in [0.1, 0.15) is 0 Å². The number of aromatic hydroxyl groups is 1. The van der Waals surface area contributed by atoms with E-state index in [9.17, 15) is 5.11 Å². The van der Waals surface area contributed by atoms with Gasteiger partial charge in [0.2, 0.25) is 0 Å². The van der Waals surface area contributed by atoms with Gasteiger partial charge in [0, 0.05) is 37.2 Å². The van der Waals surface area contributed by atoms with Crippen molar-refractivity contribution in [3.63, 3.8) is 0 Å². The third-order valence-corrected chi connectivity index (χ3v) is 2.52. The van der Waals surface area contributed by atoms with Crippen molar-refractivity contribution in [3.05, 3.63) is 48.5 Å². The SMILES string of the molecule is CN(C)c1ccc(Nc2cccc(O)c2)cc1. The second-order valence-corrected chi connectivity index (χ2v) is 4.12. The van der Waals surface area contributed by atoms with Crippen molar-refractivity contribution in [1.82, 2.24) is 0 Å². The summed E-state index contributed by atoms with van der Waals surface area (Å²) in [5.74, 6) is 0.264. The van der Waals surface area contributed by atoms with E-state index in [1.807, 2.05) is 50.5 Å². The van der Waals surface area contributed by atoms with Crippen LogP contribution in [0.5, 0.6) is 5.75 Å². The molecule has 0 unspecified atom stereocenters. The van der Waals surface area contributed by atoms with Gasteiger partial charge in [0.15, 0.2) is 0 Å². The summed E-state index contributed by atoms with van der Waals surface area (Å²) in [5.41, 5.74) is 3.04. The van der Waals surface area contributed by atoms with E-state index in [4.69, 9.17) is 0 Å². The van der Waals surface area contributed by atoms with E-state index in [0.717, 1.165) is 17.1 Å². The van der Waals surface area contributed by atoms with Crippen LogP contribution < -0.4 is 10.2 Å². The van der Waals surface area contributed by atoms with Crippen molar-refractivity contribution in [3.8, 4) is 5.75 Å². The highest BCUT2D eigenvalue weighted by atomic mass is 16.3. The van der Waals surface area contributed by atoms with Crippen LogP contribution in [0.15, 0.2) is 48.5 Å². The molecule has 0 saturated heterocycles. The number of phenolic OH excluding ortho intramolecular Hbond substituents is 1. The Kier molecular flexibility index (Phi) is 3.19. The quantitative estimate of drug-likeness (QED) is 0.846. The van der Waals surface area contributed by atoms with Crippen LogP contribution in [-0.2, 0) is 0 Å². The summed E-state index contributed by atoms with van der Waals surface area (Å²) in [4.78, 5) is 2.05. The molecule has 0 bridgehead atoms. The number of phenols is 1. The maximum Gasteiger partial charge on any atom is 0.117 e. The number of anilines is 3. The lowest BCUT2D eigenvalue weighted by Gasteiger charge is -2.13. The molecule has 2 aromatic carbocycles. The highest BCUT2D eigenvalue weighted by Gasteiger charge is 1.97. The Morgan fingerprint density at radius 3 is 2.24 bits per heavy atom. The van der Waals surface area contributed by atoms with Gasteiger partial charge in [-0.05, 0) is 36.4 Å². The van der Waals surface area contributed by atoms with E-state index in [2.05, 4.69) is 10.2 Å². The molecule has 3 heteroatoms. The lowest BCUT2D eigenvalue weighted by Crippen LogP contribution is -2.08. The highest BCUT2D eigenvalue weighted by Crippen LogP contribution is 2.22. The molecule has 0 heterocycles. The summed E-state index contributed by atoms with van der Waals surface area (Å²) >= 11 is 0. The predicted octanol–water partition coefficient (Wildman–Crippen LogP) is 3.20. The van der Waals surface area contributed by atoms with Crippen LogP contribution in [0.3, 0.4) is 0 Å². The van der Waals surface area contributed by atoms with E-state index in [-0.39, 0.29) is 5.75 Å². The van der Waals surface area contributed by atoms with Crippen LogP contribution in [0.4, 0.5) is 17.1 Å². The average molecular weight is 228 g/mol. The molecule has 0 radical (unpaired) electrons. The van der Waals surface area contributed by atoms with Gasteiger partial charge < -0.3 is 15.3 Å². The molecular formula is C14H16N2O. The van der Waals surface area contributed by atoms with E-state index in [1.54, 1.807) is 12.1 Å². The summed E-state index contributed by atoms with van der Waals surface area (Å²) < 4.78 is 0. The van der Waals surface area contributed by atoms with Crippen molar-refractivity contribution in [2.45, 2.75) is 0 Å². The van der Waals surface area contributed by atoms with Crippen molar-refractivity contribution >= 4 is 17.1 Å². The Hall–Kier alpha value is -2.16. The molecule has 0 spiro atoms. The van der Waals surface area contributed by atoms with Crippen LogP contribution in [0.25, 0.3) is 0 Å². The molecule has 0 aliphatic rings. The zero-order valence-electron chi connectivity index (χ0n) is 10.0. The minimum Gasteiger partial charge on any atom is -0.508 e. The first-order valence-corrected chi connectivity index (χ1v) is 5.48. The number of hydrogen-bond acceptors (Lipinski definition) is 3. The van der Waals surface area contributed by atoms with Crippen LogP contribution in [-0.4, -0.2) is 19.2 Å². The molecule has 0 aliphatic heterocycles. The molecule has 2 rings (SSSR count). The maximum atomic E-state index is 9.36. The topological polar surface area (TPSA) is 35.5 Å². The molecule has 0 atom stereocenters. The Bertz CT molecular complexity index is 492. The van der Waals surface area contributed by atoms with Gasteiger partial charge in [0.25, 0.3) is 0 Å². The molecule has 2 N–H and O–H groups in total. The monoisotopic (exact) mass is 228 g/mol. The Labute approximate surface area is 101 Å². The van der Waals surface area contributed by atoms with Gasteiger partial charge in [0.05, 0.1) is 0 Å². The van der Waals surface area contributed by atoms with Crippen molar-refractivity contribution < 1.29 is 5.11 Å². The van der Waals surface area contributed by atoms with Gasteiger partial charge in [-0.15, -0.1) is 0 Å². The van der Waals surface area contributed by atoms with Gasteiger partial charge in [0.1, 0.15) is 5.75 Å². The molecule has 17 heavy (non-hydrogen) atoms. The lowest BCUT2D eigenvalue weighted by atomic mass is 10.2. The second-order valence-electron chi connectivity index (χ2n) is 4.12. The predicted molar refractivity (Wildman–Crippen MR) is 72.2 cm³/mol. The molecular weight excluding hydrogens is 212 g/mol. The van der Waals surface area contributed by atoms with E-state index < -0.39 is 0 Å². The smallest absolute Gasteiger partial charge is 0.117 e. The molecule has 0 aromatic heterocycles. The van der Waals surface area contributed by atoms with Crippen molar-refractivity contribution in [2.24, 2.45) is 0 Å². The third kappa shape index (κ3) is 2.91. The largest absolute Gasteiger partial charge is 0.508 e. The first kappa shape index (κ1) is 11.3. The number of hydrogen-bond donors (Lipinski definition) is 2. The number of nitrogens with one attached hydrogen (secondary N) is 1. The van der Waals surface area contributed by atoms with Crippen LogP contribution in [0.2, 0.25) is 0 Å². The molecule has 0 fully saturated rings. The fourth-order valence-corrected chi connectivity index (χ4v) is 1.59. The Morgan fingerprint density at radius 1 is 0.941 bits per heavy atom. The summed E-state index contributed by atoms with van der Waals surface area (Å²) in [5, 5.41) is 12.6. The molecule has 0 amide bonds. The van der Waals surface area contributed by atoms with Gasteiger partial charge in [-0.25, -0.2) is 0 Å². The molecule has 2 aromatic rings. The van der Waals surface area contributed by atoms with E-state index in [1.165, 1.54) is 0 Å². The first-order chi connectivity index (χ1) is 8.15. The van der Waals surface area contributed by atoms with Gasteiger partial charge in [-0.2, -0.15) is 0 Å². The molecule has 0 aliphatic carbocycles. The first-order valence-electron chi connectivity index (χ1n) is 5.48. The highest BCUT2D eigenvalue weighted by molar-refractivity contribution is 5.63. The zero-order valence-corrected chi connectivity index (χ0v) is 10.0. The minimum absolute atomic E-state index is 0.264. The summed E-state index contributed by atoms with van der Waals surface area (Å²) in [7, 11) is 4.02. The summed E-state index contributed by atoms with van der Waals surface area (Å²) in [6.45, 7) is 0. The summed E-state index contributed by atoms with van der Waals surface area (Å²) in [6, 6.07) is 15.2. The Balaban J connectivity index is 2.14. The van der Waals surface area contributed by atoms with Crippen molar-refractivity contribution in [1.29, 1.82) is 0 Å². The number of benzene rings is 2. The van der Waals surface area contributed by atoms with Gasteiger partial charge in [-0.1, -0.05) is 6.07 Å².